The first-order valence-corrected chi connectivity index (χ1v) is 7.41. The Morgan fingerprint density at radius 1 is 1.43 bits per heavy atom. The van der Waals surface area contributed by atoms with Crippen molar-refractivity contribution in [1.29, 1.82) is 0 Å². The SMILES string of the molecule is NC(=NO)C1(C(=O)NCCCCn2ccnc2)CCCC1. The molecule has 4 N–H and O–H groups in total. The van der Waals surface area contributed by atoms with Crippen LogP contribution in [-0.4, -0.2) is 33.0 Å². The van der Waals surface area contributed by atoms with Gasteiger partial charge >= 0.3 is 0 Å². The van der Waals surface area contributed by atoms with Gasteiger partial charge in [-0.05, 0) is 25.7 Å². The Kier molecular flexibility index (Phi) is 5.19. The first-order chi connectivity index (χ1) is 10.2. The Labute approximate surface area is 124 Å². The largest absolute Gasteiger partial charge is 0.409 e. The van der Waals surface area contributed by atoms with Crippen LogP contribution in [0, 0.1) is 5.41 Å². The van der Waals surface area contributed by atoms with Gasteiger partial charge in [-0.25, -0.2) is 4.98 Å². The van der Waals surface area contributed by atoms with Gasteiger partial charge in [-0.1, -0.05) is 18.0 Å². The van der Waals surface area contributed by atoms with Gasteiger partial charge in [-0.15, -0.1) is 0 Å². The minimum atomic E-state index is -0.806. The van der Waals surface area contributed by atoms with Crippen LogP contribution in [-0.2, 0) is 11.3 Å². The number of aryl methyl sites for hydroxylation is 1. The molecule has 21 heavy (non-hydrogen) atoms. The molecule has 1 heterocycles. The van der Waals surface area contributed by atoms with Gasteiger partial charge in [-0.3, -0.25) is 4.79 Å². The molecule has 0 atom stereocenters. The molecule has 116 valence electrons. The van der Waals surface area contributed by atoms with Crippen LogP contribution in [0.2, 0.25) is 0 Å². The number of hydrogen-bond donors (Lipinski definition) is 3. The van der Waals surface area contributed by atoms with E-state index >= 15 is 0 Å². The molecule has 0 radical (unpaired) electrons. The molecule has 7 heteroatoms. The van der Waals surface area contributed by atoms with Crippen molar-refractivity contribution < 1.29 is 10.0 Å². The van der Waals surface area contributed by atoms with Crippen molar-refractivity contribution in [1.82, 2.24) is 14.9 Å². The molecule has 0 unspecified atom stereocenters. The van der Waals surface area contributed by atoms with Gasteiger partial charge in [0.05, 0.1) is 6.33 Å². The zero-order valence-corrected chi connectivity index (χ0v) is 12.2. The lowest BCUT2D eigenvalue weighted by Gasteiger charge is -2.25. The number of carbonyl (C=O) groups excluding carboxylic acids is 1. The van der Waals surface area contributed by atoms with Crippen LogP contribution in [0.4, 0.5) is 0 Å². The van der Waals surface area contributed by atoms with E-state index in [2.05, 4.69) is 15.5 Å². The number of hydrogen-bond acceptors (Lipinski definition) is 4. The van der Waals surface area contributed by atoms with E-state index in [0.29, 0.717) is 19.4 Å². The van der Waals surface area contributed by atoms with E-state index < -0.39 is 5.41 Å². The number of nitrogens with two attached hydrogens (primary N) is 1. The summed E-state index contributed by atoms with van der Waals surface area (Å²) in [5.41, 5.74) is 4.93. The summed E-state index contributed by atoms with van der Waals surface area (Å²) in [5, 5.41) is 14.9. The predicted molar refractivity (Wildman–Crippen MR) is 78.8 cm³/mol. The third-order valence-corrected chi connectivity index (χ3v) is 4.18. The molecule has 1 amide bonds. The van der Waals surface area contributed by atoms with Crippen molar-refractivity contribution in [2.45, 2.75) is 45.1 Å². The number of unbranched alkanes of at least 4 members (excludes halogenated alkanes) is 1. The molecule has 0 aliphatic heterocycles. The summed E-state index contributed by atoms with van der Waals surface area (Å²) in [6.07, 6.45) is 10.5. The van der Waals surface area contributed by atoms with Crippen molar-refractivity contribution in [2.24, 2.45) is 16.3 Å². The summed E-state index contributed by atoms with van der Waals surface area (Å²) in [6, 6.07) is 0. The average Bonchev–Trinajstić information content (AvgIpc) is 3.17. The number of aromatic nitrogens is 2. The Morgan fingerprint density at radius 2 is 2.19 bits per heavy atom. The molecule has 1 aliphatic rings. The zero-order valence-electron chi connectivity index (χ0n) is 12.2. The minimum Gasteiger partial charge on any atom is -0.409 e. The first-order valence-electron chi connectivity index (χ1n) is 7.41. The van der Waals surface area contributed by atoms with E-state index in [0.717, 1.165) is 32.2 Å². The van der Waals surface area contributed by atoms with Gasteiger partial charge in [0.2, 0.25) is 5.91 Å². The van der Waals surface area contributed by atoms with Crippen LogP contribution in [0.25, 0.3) is 0 Å². The summed E-state index contributed by atoms with van der Waals surface area (Å²) in [7, 11) is 0. The van der Waals surface area contributed by atoms with E-state index in [1.807, 2.05) is 10.8 Å². The third kappa shape index (κ3) is 3.53. The highest BCUT2D eigenvalue weighted by molar-refractivity contribution is 6.07. The molecule has 0 aromatic carbocycles. The Morgan fingerprint density at radius 3 is 2.81 bits per heavy atom. The van der Waals surface area contributed by atoms with Crippen LogP contribution in [0.3, 0.4) is 0 Å². The fraction of sp³-hybridized carbons (Fsp3) is 0.643. The molecule has 0 bridgehead atoms. The van der Waals surface area contributed by atoms with Crippen LogP contribution in [0.5, 0.6) is 0 Å². The first kappa shape index (κ1) is 15.3. The second kappa shape index (κ2) is 7.10. The van der Waals surface area contributed by atoms with Gasteiger partial charge in [0.15, 0.2) is 5.84 Å². The normalized spacial score (nSPS) is 17.8. The van der Waals surface area contributed by atoms with Crippen molar-refractivity contribution >= 4 is 11.7 Å². The molecule has 7 nitrogen and oxygen atoms in total. The van der Waals surface area contributed by atoms with Crippen LogP contribution < -0.4 is 11.1 Å². The monoisotopic (exact) mass is 293 g/mol. The molecule has 1 aromatic heterocycles. The topological polar surface area (TPSA) is 106 Å². The lowest BCUT2D eigenvalue weighted by Crippen LogP contribution is -2.48. The Balaban J connectivity index is 1.75. The Hall–Kier alpha value is -2.05. The Bertz CT molecular complexity index is 478. The van der Waals surface area contributed by atoms with Gasteiger partial charge in [0.25, 0.3) is 0 Å². The summed E-state index contributed by atoms with van der Waals surface area (Å²) in [4.78, 5) is 16.3. The van der Waals surface area contributed by atoms with Gasteiger partial charge < -0.3 is 20.8 Å². The third-order valence-electron chi connectivity index (χ3n) is 4.18. The second-order valence-corrected chi connectivity index (χ2v) is 5.54. The molecular weight excluding hydrogens is 270 g/mol. The van der Waals surface area contributed by atoms with Crippen LogP contribution in [0.1, 0.15) is 38.5 Å². The van der Waals surface area contributed by atoms with E-state index in [1.165, 1.54) is 0 Å². The predicted octanol–water partition coefficient (Wildman–Crippen LogP) is 1.09. The molecule has 0 saturated heterocycles. The lowest BCUT2D eigenvalue weighted by atomic mass is 9.84. The molecule has 1 aromatic rings. The standard InChI is InChI=1S/C14H23N5O2/c15-12(18-21)14(5-1-2-6-14)13(20)17-7-3-4-9-19-10-8-16-11-19/h8,10-11,21H,1-7,9H2,(H2,15,18)(H,17,20). The number of oxime groups is 1. The molecular formula is C14H23N5O2. The smallest absolute Gasteiger partial charge is 0.233 e. The molecule has 2 rings (SSSR count). The van der Waals surface area contributed by atoms with E-state index in [-0.39, 0.29) is 11.7 Å². The van der Waals surface area contributed by atoms with E-state index in [9.17, 15) is 4.79 Å². The number of rotatable bonds is 7. The summed E-state index contributed by atoms with van der Waals surface area (Å²) in [6.45, 7) is 1.50. The van der Waals surface area contributed by atoms with Gasteiger partial charge in [0.1, 0.15) is 5.41 Å². The lowest BCUT2D eigenvalue weighted by molar-refractivity contribution is -0.127. The fourth-order valence-corrected chi connectivity index (χ4v) is 2.88. The highest BCUT2D eigenvalue weighted by Crippen LogP contribution is 2.38. The number of amidine groups is 1. The maximum atomic E-state index is 12.4. The average molecular weight is 293 g/mol. The van der Waals surface area contributed by atoms with Crippen molar-refractivity contribution in [3.05, 3.63) is 18.7 Å². The highest BCUT2D eigenvalue weighted by atomic mass is 16.4. The second-order valence-electron chi connectivity index (χ2n) is 5.54. The highest BCUT2D eigenvalue weighted by Gasteiger charge is 2.45. The van der Waals surface area contributed by atoms with E-state index in [4.69, 9.17) is 10.9 Å². The number of amides is 1. The van der Waals surface area contributed by atoms with Gasteiger partial charge in [0, 0.05) is 25.5 Å². The van der Waals surface area contributed by atoms with Crippen molar-refractivity contribution in [3.8, 4) is 0 Å². The van der Waals surface area contributed by atoms with Crippen molar-refractivity contribution in [2.75, 3.05) is 6.54 Å². The zero-order chi connectivity index (χ0) is 15.1. The summed E-state index contributed by atoms with van der Waals surface area (Å²) in [5.74, 6) is -0.0751. The quantitative estimate of drug-likeness (QED) is 0.230. The maximum Gasteiger partial charge on any atom is 0.233 e. The fourth-order valence-electron chi connectivity index (χ4n) is 2.88. The van der Waals surface area contributed by atoms with Gasteiger partial charge in [-0.2, -0.15) is 0 Å². The summed E-state index contributed by atoms with van der Waals surface area (Å²) >= 11 is 0. The minimum absolute atomic E-state index is 0.0379. The molecule has 1 saturated carbocycles. The molecule has 1 aliphatic carbocycles. The van der Waals surface area contributed by atoms with Crippen molar-refractivity contribution in [3.63, 3.8) is 0 Å². The number of imidazole rings is 1. The van der Waals surface area contributed by atoms with Crippen LogP contribution >= 0.6 is 0 Å². The maximum absolute atomic E-state index is 12.4. The number of nitrogens with zero attached hydrogens (tertiary/aromatic N) is 3. The summed E-state index contributed by atoms with van der Waals surface area (Å²) < 4.78 is 2.01. The van der Waals surface area contributed by atoms with E-state index in [1.54, 1.807) is 12.5 Å². The molecule has 0 spiro atoms. The molecule has 1 fully saturated rings. The van der Waals surface area contributed by atoms with Crippen LogP contribution in [0.15, 0.2) is 23.9 Å². The number of carbonyl (C=O) groups is 1. The number of nitrogens with one attached hydrogen (secondary N) is 1.